The van der Waals surface area contributed by atoms with Crippen LogP contribution >= 0.6 is 15.9 Å². The summed E-state index contributed by atoms with van der Waals surface area (Å²) in [4.78, 5) is 10.7. The van der Waals surface area contributed by atoms with Crippen LogP contribution in [0.15, 0.2) is 11.3 Å². The quantitative estimate of drug-likeness (QED) is 0.303. The first-order chi connectivity index (χ1) is 4.75. The zero-order chi connectivity index (χ0) is 7.56. The predicted molar refractivity (Wildman–Crippen MR) is 39.0 cm³/mol. The molecule has 1 fully saturated rings. The first kappa shape index (κ1) is 7.60. The minimum Gasteiger partial charge on any atom is -0.511 e. The molecule has 1 heterocycles. The summed E-state index contributed by atoms with van der Waals surface area (Å²) in [5.74, 6) is -0.306. The number of ether oxygens (including phenoxy) is 1. The second-order valence-electron chi connectivity index (χ2n) is 1.94. The van der Waals surface area contributed by atoms with E-state index in [1.807, 2.05) is 0 Å². The Bertz CT molecular complexity index is 185. The molecule has 0 saturated carbocycles. The van der Waals surface area contributed by atoms with E-state index in [1.165, 1.54) is 0 Å². The number of carbonyl (C=O) groups excluding carboxylic acids is 1. The Morgan fingerprint density at radius 3 is 2.90 bits per heavy atom. The molecule has 0 spiro atoms. The van der Waals surface area contributed by atoms with Gasteiger partial charge in [-0.25, -0.2) is 4.79 Å². The molecule has 0 amide bonds. The summed E-state index contributed by atoms with van der Waals surface area (Å²) >= 11 is 3.04. The summed E-state index contributed by atoms with van der Waals surface area (Å²) in [5, 5.41) is 9.38. The molecule has 0 aromatic rings. The van der Waals surface area contributed by atoms with Gasteiger partial charge in [0, 0.05) is 6.42 Å². The van der Waals surface area contributed by atoms with Crippen LogP contribution in [0.5, 0.6) is 0 Å². The van der Waals surface area contributed by atoms with E-state index in [4.69, 9.17) is 5.11 Å². The minimum atomic E-state index is -0.392. The lowest BCUT2D eigenvalue weighted by Crippen LogP contribution is -1.99. The molecule has 0 aliphatic carbocycles. The van der Waals surface area contributed by atoms with Crippen LogP contribution in [-0.4, -0.2) is 23.0 Å². The lowest BCUT2D eigenvalue weighted by Gasteiger charge is -1.94. The van der Waals surface area contributed by atoms with Gasteiger partial charge in [0.2, 0.25) is 0 Å². The average molecular weight is 207 g/mol. The van der Waals surface area contributed by atoms with E-state index in [9.17, 15) is 4.79 Å². The smallest absolute Gasteiger partial charge is 0.337 e. The molecular formula is C6H7BrO3. The molecule has 4 heteroatoms. The standard InChI is InChI=1S/C6H7BrO3/c7-3-5(8)4-1-2-10-6(4)9/h8H,1-3H2/b5-4-. The highest BCUT2D eigenvalue weighted by Crippen LogP contribution is 2.17. The van der Waals surface area contributed by atoms with E-state index in [0.29, 0.717) is 23.9 Å². The number of hydrogen-bond donors (Lipinski definition) is 1. The van der Waals surface area contributed by atoms with Crippen molar-refractivity contribution < 1.29 is 14.6 Å². The molecule has 0 aromatic carbocycles. The van der Waals surface area contributed by atoms with Crippen LogP contribution in [0.25, 0.3) is 0 Å². The maximum Gasteiger partial charge on any atom is 0.337 e. The molecule has 1 N–H and O–H groups in total. The van der Waals surface area contributed by atoms with Gasteiger partial charge in [-0.2, -0.15) is 0 Å². The van der Waals surface area contributed by atoms with Gasteiger partial charge in [-0.3, -0.25) is 0 Å². The Labute approximate surface area is 66.8 Å². The lowest BCUT2D eigenvalue weighted by molar-refractivity contribution is -0.135. The fraction of sp³-hybridized carbons (Fsp3) is 0.500. The molecule has 10 heavy (non-hydrogen) atoms. The molecule has 0 bridgehead atoms. The van der Waals surface area contributed by atoms with E-state index < -0.39 is 5.97 Å². The third kappa shape index (κ3) is 1.31. The van der Waals surface area contributed by atoms with Crippen molar-refractivity contribution in [3.05, 3.63) is 11.3 Å². The van der Waals surface area contributed by atoms with Gasteiger partial charge in [0.05, 0.1) is 17.5 Å². The molecule has 0 radical (unpaired) electrons. The van der Waals surface area contributed by atoms with Gasteiger partial charge in [0.15, 0.2) is 0 Å². The summed E-state index contributed by atoms with van der Waals surface area (Å²) in [7, 11) is 0. The van der Waals surface area contributed by atoms with Gasteiger partial charge in [0.1, 0.15) is 5.76 Å². The third-order valence-electron chi connectivity index (χ3n) is 1.31. The summed E-state index contributed by atoms with van der Waals surface area (Å²) < 4.78 is 4.61. The lowest BCUT2D eigenvalue weighted by atomic mass is 10.2. The molecule has 56 valence electrons. The van der Waals surface area contributed by atoms with E-state index in [0.717, 1.165) is 0 Å². The molecule has 0 unspecified atom stereocenters. The van der Waals surface area contributed by atoms with E-state index in [-0.39, 0.29) is 5.76 Å². The van der Waals surface area contributed by atoms with Crippen LogP contribution in [0.1, 0.15) is 6.42 Å². The molecule has 3 nitrogen and oxygen atoms in total. The van der Waals surface area contributed by atoms with Crippen molar-refractivity contribution in [2.45, 2.75) is 6.42 Å². The van der Waals surface area contributed by atoms with Gasteiger partial charge >= 0.3 is 5.97 Å². The Hall–Kier alpha value is -0.510. The third-order valence-corrected chi connectivity index (χ3v) is 1.84. The fourth-order valence-corrected chi connectivity index (χ4v) is 1.12. The molecule has 0 aromatic heterocycles. The van der Waals surface area contributed by atoms with E-state index >= 15 is 0 Å². The Morgan fingerprint density at radius 1 is 1.80 bits per heavy atom. The van der Waals surface area contributed by atoms with Crippen molar-refractivity contribution in [3.8, 4) is 0 Å². The first-order valence-corrected chi connectivity index (χ1v) is 4.02. The summed E-state index contributed by atoms with van der Waals surface area (Å²) in [6.07, 6.45) is 0.524. The summed E-state index contributed by atoms with van der Waals surface area (Å²) in [6.45, 7) is 0.394. The number of rotatable bonds is 1. The van der Waals surface area contributed by atoms with Crippen LogP contribution in [0, 0.1) is 0 Å². The number of esters is 1. The normalized spacial score (nSPS) is 22.7. The number of carbonyl (C=O) groups is 1. The van der Waals surface area contributed by atoms with Crippen molar-refractivity contribution in [2.75, 3.05) is 11.9 Å². The number of alkyl halides is 1. The van der Waals surface area contributed by atoms with Crippen LogP contribution in [-0.2, 0) is 9.53 Å². The second-order valence-corrected chi connectivity index (χ2v) is 2.51. The SMILES string of the molecule is O=C1OCC/C1=C(/O)CBr. The molecule has 1 rings (SSSR count). The zero-order valence-corrected chi connectivity index (χ0v) is 6.85. The number of aliphatic hydroxyl groups excluding tert-OH is 1. The monoisotopic (exact) mass is 206 g/mol. The second kappa shape index (κ2) is 3.05. The number of halogens is 1. The highest BCUT2D eigenvalue weighted by atomic mass is 79.9. The highest BCUT2D eigenvalue weighted by molar-refractivity contribution is 9.09. The Morgan fingerprint density at radius 2 is 2.50 bits per heavy atom. The molecular weight excluding hydrogens is 200 g/mol. The van der Waals surface area contributed by atoms with Gasteiger partial charge < -0.3 is 9.84 Å². The number of aliphatic hydroxyl groups is 1. The minimum absolute atomic E-state index is 0.0856. The molecule has 1 saturated heterocycles. The van der Waals surface area contributed by atoms with Crippen molar-refractivity contribution in [1.29, 1.82) is 0 Å². The molecule has 0 atom stereocenters. The summed E-state index contributed by atoms with van der Waals surface area (Å²) in [5.41, 5.74) is 0.400. The zero-order valence-electron chi connectivity index (χ0n) is 5.26. The number of cyclic esters (lactones) is 1. The molecule has 1 aliphatic rings. The maximum absolute atomic E-state index is 10.7. The van der Waals surface area contributed by atoms with Crippen molar-refractivity contribution in [3.63, 3.8) is 0 Å². The summed E-state index contributed by atoms with van der Waals surface area (Å²) in [6, 6.07) is 0. The first-order valence-electron chi connectivity index (χ1n) is 2.89. The number of hydrogen-bond acceptors (Lipinski definition) is 3. The van der Waals surface area contributed by atoms with Crippen molar-refractivity contribution >= 4 is 21.9 Å². The Kier molecular flexibility index (Phi) is 2.32. The van der Waals surface area contributed by atoms with Crippen LogP contribution < -0.4 is 0 Å². The highest BCUT2D eigenvalue weighted by Gasteiger charge is 2.22. The van der Waals surface area contributed by atoms with Crippen molar-refractivity contribution in [2.24, 2.45) is 0 Å². The maximum atomic E-state index is 10.7. The van der Waals surface area contributed by atoms with E-state index in [1.54, 1.807) is 0 Å². The van der Waals surface area contributed by atoms with Crippen molar-refractivity contribution in [1.82, 2.24) is 0 Å². The topological polar surface area (TPSA) is 46.5 Å². The van der Waals surface area contributed by atoms with Gasteiger partial charge in [-0.15, -0.1) is 0 Å². The van der Waals surface area contributed by atoms with Crippen LogP contribution in [0.2, 0.25) is 0 Å². The van der Waals surface area contributed by atoms with Crippen LogP contribution in [0.4, 0.5) is 0 Å². The van der Waals surface area contributed by atoms with Gasteiger partial charge in [-0.05, 0) is 0 Å². The van der Waals surface area contributed by atoms with Gasteiger partial charge in [-0.1, -0.05) is 15.9 Å². The van der Waals surface area contributed by atoms with Gasteiger partial charge in [0.25, 0.3) is 0 Å². The Balaban J connectivity index is 2.79. The fourth-order valence-electron chi connectivity index (χ4n) is 0.778. The average Bonchev–Trinajstić information content (AvgIpc) is 2.34. The molecule has 1 aliphatic heterocycles. The largest absolute Gasteiger partial charge is 0.511 e. The number of allylic oxidation sites excluding steroid dienone is 1. The van der Waals surface area contributed by atoms with E-state index in [2.05, 4.69) is 20.7 Å². The predicted octanol–water partition coefficient (Wildman–Crippen LogP) is 1.14. The van der Waals surface area contributed by atoms with Crippen LogP contribution in [0.3, 0.4) is 0 Å².